The summed E-state index contributed by atoms with van der Waals surface area (Å²) >= 11 is 3.51. The maximum Gasteiger partial charge on any atom is 0.0621 e. The van der Waals surface area contributed by atoms with Gasteiger partial charge in [-0.25, -0.2) is 0 Å². The van der Waals surface area contributed by atoms with Gasteiger partial charge in [-0.2, -0.15) is 0 Å². The van der Waals surface area contributed by atoms with Gasteiger partial charge in [-0.3, -0.25) is 0 Å². The van der Waals surface area contributed by atoms with Crippen LogP contribution in [0.1, 0.15) is 37.7 Å². The molecule has 0 bridgehead atoms. The van der Waals surface area contributed by atoms with Gasteiger partial charge in [-0.1, -0.05) is 53.9 Å². The number of halogens is 1. The Kier molecular flexibility index (Phi) is 6.03. The van der Waals surface area contributed by atoms with Crippen molar-refractivity contribution in [3.8, 4) is 0 Å². The normalized spacial score (nSPS) is 14.8. The summed E-state index contributed by atoms with van der Waals surface area (Å²) in [5, 5.41) is 10.1. The summed E-state index contributed by atoms with van der Waals surface area (Å²) in [4.78, 5) is 0. The van der Waals surface area contributed by atoms with Crippen molar-refractivity contribution in [1.82, 2.24) is 0 Å². The molecule has 16 heavy (non-hydrogen) atoms. The number of rotatable bonds is 6. The second-order valence-corrected chi connectivity index (χ2v) is 4.93. The summed E-state index contributed by atoms with van der Waals surface area (Å²) in [7, 11) is 0. The lowest BCUT2D eigenvalue weighted by Gasteiger charge is -2.22. The van der Waals surface area contributed by atoms with Crippen molar-refractivity contribution in [3.63, 3.8) is 0 Å². The summed E-state index contributed by atoms with van der Waals surface area (Å²) < 4.78 is 1.03. The fourth-order valence-electron chi connectivity index (χ4n) is 1.88. The summed E-state index contributed by atoms with van der Waals surface area (Å²) in [6.07, 6.45) is 2.62. The van der Waals surface area contributed by atoms with Crippen molar-refractivity contribution in [3.05, 3.63) is 34.3 Å². The van der Waals surface area contributed by atoms with Gasteiger partial charge in [0.15, 0.2) is 0 Å². The molecule has 3 heteroatoms. The zero-order chi connectivity index (χ0) is 12.0. The number of aliphatic hydroxyl groups excluding tert-OH is 1. The summed E-state index contributed by atoms with van der Waals surface area (Å²) in [5.74, 6) is 0.0297. The van der Waals surface area contributed by atoms with E-state index < -0.39 is 0 Å². The Balaban J connectivity index is 2.77. The third kappa shape index (κ3) is 3.58. The molecular formula is C13H20BrNO. The molecule has 0 aliphatic rings. The monoisotopic (exact) mass is 285 g/mol. The molecule has 0 radical (unpaired) electrons. The van der Waals surface area contributed by atoms with Gasteiger partial charge in [0.1, 0.15) is 0 Å². The molecule has 0 aliphatic heterocycles. The highest BCUT2D eigenvalue weighted by Crippen LogP contribution is 2.28. The standard InChI is InChI=1S/C13H20BrNO/c1-2-3-8-13(16)11(9-15)10-6-4-5-7-12(10)14/h4-7,11,13,16H,2-3,8-9,15H2,1H3. The molecule has 0 saturated carbocycles. The quantitative estimate of drug-likeness (QED) is 0.844. The molecule has 0 fully saturated rings. The average molecular weight is 286 g/mol. The topological polar surface area (TPSA) is 46.2 Å². The molecule has 0 aromatic heterocycles. The summed E-state index contributed by atoms with van der Waals surface area (Å²) in [5.41, 5.74) is 6.87. The summed E-state index contributed by atoms with van der Waals surface area (Å²) in [6, 6.07) is 7.97. The highest BCUT2D eigenvalue weighted by molar-refractivity contribution is 9.10. The van der Waals surface area contributed by atoms with Crippen LogP contribution in [0.5, 0.6) is 0 Å². The van der Waals surface area contributed by atoms with Crippen LogP contribution in [0.2, 0.25) is 0 Å². The number of nitrogens with two attached hydrogens (primary N) is 1. The van der Waals surface area contributed by atoms with Crippen molar-refractivity contribution < 1.29 is 5.11 Å². The number of unbranched alkanes of at least 4 members (excludes halogenated alkanes) is 1. The molecule has 90 valence electrons. The molecular weight excluding hydrogens is 266 g/mol. The van der Waals surface area contributed by atoms with Crippen LogP contribution in [-0.4, -0.2) is 17.8 Å². The third-order valence-corrected chi connectivity index (χ3v) is 3.60. The van der Waals surface area contributed by atoms with E-state index >= 15 is 0 Å². The molecule has 1 aromatic carbocycles. The minimum atomic E-state index is -0.344. The van der Waals surface area contributed by atoms with E-state index in [-0.39, 0.29) is 12.0 Å². The van der Waals surface area contributed by atoms with Crippen molar-refractivity contribution in [1.29, 1.82) is 0 Å². The minimum Gasteiger partial charge on any atom is -0.392 e. The van der Waals surface area contributed by atoms with Crippen LogP contribution in [0, 0.1) is 0 Å². The molecule has 2 nitrogen and oxygen atoms in total. The first-order chi connectivity index (χ1) is 7.70. The molecule has 0 spiro atoms. The van der Waals surface area contributed by atoms with E-state index in [4.69, 9.17) is 5.73 Å². The average Bonchev–Trinajstić information content (AvgIpc) is 2.30. The van der Waals surface area contributed by atoms with E-state index in [2.05, 4.69) is 22.9 Å². The first kappa shape index (κ1) is 13.7. The van der Waals surface area contributed by atoms with Crippen molar-refractivity contribution in [2.75, 3.05) is 6.54 Å². The molecule has 1 aromatic rings. The van der Waals surface area contributed by atoms with Crippen molar-refractivity contribution in [2.24, 2.45) is 5.73 Å². The fourth-order valence-corrected chi connectivity index (χ4v) is 2.46. The van der Waals surface area contributed by atoms with Gasteiger partial charge in [-0.15, -0.1) is 0 Å². The van der Waals surface area contributed by atoms with Crippen LogP contribution in [0.15, 0.2) is 28.7 Å². The Morgan fingerprint density at radius 3 is 2.62 bits per heavy atom. The van der Waals surface area contributed by atoms with E-state index in [1.54, 1.807) is 0 Å². The molecule has 3 N–H and O–H groups in total. The summed E-state index contributed by atoms with van der Waals surface area (Å²) in [6.45, 7) is 2.61. The van der Waals surface area contributed by atoms with Gasteiger partial charge in [-0.05, 0) is 18.1 Å². The molecule has 0 aliphatic carbocycles. The lowest BCUT2D eigenvalue weighted by atomic mass is 9.90. The van der Waals surface area contributed by atoms with Crippen LogP contribution in [-0.2, 0) is 0 Å². The van der Waals surface area contributed by atoms with E-state index in [1.807, 2.05) is 24.3 Å². The minimum absolute atomic E-state index is 0.0297. The highest BCUT2D eigenvalue weighted by Gasteiger charge is 2.20. The lowest BCUT2D eigenvalue weighted by Crippen LogP contribution is -2.26. The van der Waals surface area contributed by atoms with Gasteiger partial charge in [0.05, 0.1) is 6.10 Å². The zero-order valence-electron chi connectivity index (χ0n) is 9.70. The Labute approximate surface area is 106 Å². The predicted octanol–water partition coefficient (Wildman–Crippen LogP) is 3.04. The highest BCUT2D eigenvalue weighted by atomic mass is 79.9. The second kappa shape index (κ2) is 7.05. The van der Waals surface area contributed by atoms with Crippen LogP contribution < -0.4 is 5.73 Å². The predicted molar refractivity (Wildman–Crippen MR) is 71.5 cm³/mol. The van der Waals surface area contributed by atoms with E-state index in [9.17, 15) is 5.11 Å². The van der Waals surface area contributed by atoms with Crippen molar-refractivity contribution in [2.45, 2.75) is 38.2 Å². The number of hydrogen-bond donors (Lipinski definition) is 2. The largest absolute Gasteiger partial charge is 0.392 e. The Morgan fingerprint density at radius 2 is 2.06 bits per heavy atom. The van der Waals surface area contributed by atoms with Crippen molar-refractivity contribution >= 4 is 15.9 Å². The Morgan fingerprint density at radius 1 is 1.38 bits per heavy atom. The van der Waals surface area contributed by atoms with Gasteiger partial charge in [0.2, 0.25) is 0 Å². The first-order valence-corrected chi connectivity index (χ1v) is 6.62. The van der Waals surface area contributed by atoms with Gasteiger partial charge in [0.25, 0.3) is 0 Å². The number of aliphatic hydroxyl groups is 1. The van der Waals surface area contributed by atoms with Gasteiger partial charge in [0, 0.05) is 16.9 Å². The maximum absolute atomic E-state index is 10.1. The molecule has 2 unspecified atom stereocenters. The maximum atomic E-state index is 10.1. The number of benzene rings is 1. The number of hydrogen-bond acceptors (Lipinski definition) is 2. The third-order valence-electron chi connectivity index (χ3n) is 2.88. The second-order valence-electron chi connectivity index (χ2n) is 4.07. The Hall–Kier alpha value is -0.380. The Bertz CT molecular complexity index is 317. The first-order valence-electron chi connectivity index (χ1n) is 5.83. The molecule has 0 saturated heterocycles. The fraction of sp³-hybridized carbons (Fsp3) is 0.538. The van der Waals surface area contributed by atoms with Crippen LogP contribution in [0.3, 0.4) is 0 Å². The lowest BCUT2D eigenvalue weighted by molar-refractivity contribution is 0.133. The van der Waals surface area contributed by atoms with Crippen LogP contribution >= 0.6 is 15.9 Å². The SMILES string of the molecule is CCCCC(O)C(CN)c1ccccc1Br. The smallest absolute Gasteiger partial charge is 0.0621 e. The van der Waals surface area contributed by atoms with E-state index in [0.29, 0.717) is 6.54 Å². The zero-order valence-corrected chi connectivity index (χ0v) is 11.3. The molecule has 0 heterocycles. The molecule has 0 amide bonds. The van der Waals surface area contributed by atoms with Gasteiger partial charge < -0.3 is 10.8 Å². The van der Waals surface area contributed by atoms with Gasteiger partial charge >= 0.3 is 0 Å². The van der Waals surface area contributed by atoms with E-state index in [1.165, 1.54) is 0 Å². The van der Waals surface area contributed by atoms with E-state index in [0.717, 1.165) is 29.3 Å². The van der Waals surface area contributed by atoms with Crippen LogP contribution in [0.25, 0.3) is 0 Å². The molecule has 1 rings (SSSR count). The molecule has 2 atom stereocenters. The van der Waals surface area contributed by atoms with Crippen LogP contribution in [0.4, 0.5) is 0 Å².